The number of aromatic nitrogens is 5. The van der Waals surface area contributed by atoms with Crippen LogP contribution in [-0.4, -0.2) is 24.7 Å². The number of nitrogens with zero attached hydrogens (tertiary/aromatic N) is 5. The third-order valence-corrected chi connectivity index (χ3v) is 2.75. The number of aryl methyl sites for hydroxylation is 1. The molecule has 17 heavy (non-hydrogen) atoms. The SMILES string of the molecule is Cn1ncc2c(Cl)nc(-c3cccnc3)nc21. The van der Waals surface area contributed by atoms with Crippen LogP contribution in [0.2, 0.25) is 5.15 Å². The molecule has 0 unspecified atom stereocenters. The molecule has 3 heterocycles. The minimum atomic E-state index is 0.405. The van der Waals surface area contributed by atoms with Gasteiger partial charge in [-0.1, -0.05) is 11.6 Å². The third-order valence-electron chi connectivity index (χ3n) is 2.47. The van der Waals surface area contributed by atoms with Crippen molar-refractivity contribution in [3.8, 4) is 11.4 Å². The van der Waals surface area contributed by atoms with Crippen LogP contribution in [-0.2, 0) is 7.05 Å². The molecule has 3 aromatic heterocycles. The van der Waals surface area contributed by atoms with E-state index in [1.165, 1.54) is 0 Å². The molecule has 0 atom stereocenters. The molecule has 0 aromatic carbocycles. The number of rotatable bonds is 1. The van der Waals surface area contributed by atoms with Gasteiger partial charge in [0.1, 0.15) is 5.15 Å². The van der Waals surface area contributed by atoms with Crippen molar-refractivity contribution in [1.29, 1.82) is 0 Å². The van der Waals surface area contributed by atoms with E-state index in [0.717, 1.165) is 10.9 Å². The van der Waals surface area contributed by atoms with E-state index in [1.807, 2.05) is 19.2 Å². The van der Waals surface area contributed by atoms with Crippen LogP contribution in [0.4, 0.5) is 0 Å². The lowest BCUT2D eigenvalue weighted by Crippen LogP contribution is -1.96. The molecule has 3 aromatic rings. The number of pyridine rings is 1. The summed E-state index contributed by atoms with van der Waals surface area (Å²) in [7, 11) is 1.82. The Bertz CT molecular complexity index is 677. The highest BCUT2D eigenvalue weighted by molar-refractivity contribution is 6.34. The molecule has 0 saturated carbocycles. The summed E-state index contributed by atoms with van der Waals surface area (Å²) in [5.41, 5.74) is 1.54. The van der Waals surface area contributed by atoms with Crippen LogP contribution in [0.25, 0.3) is 22.4 Å². The van der Waals surface area contributed by atoms with Crippen LogP contribution < -0.4 is 0 Å². The molecule has 5 nitrogen and oxygen atoms in total. The Morgan fingerprint density at radius 2 is 2.12 bits per heavy atom. The van der Waals surface area contributed by atoms with E-state index < -0.39 is 0 Å². The Balaban J connectivity index is 2.28. The third kappa shape index (κ3) is 1.64. The van der Waals surface area contributed by atoms with Crippen molar-refractivity contribution in [3.05, 3.63) is 35.9 Å². The predicted molar refractivity (Wildman–Crippen MR) is 64.5 cm³/mol. The lowest BCUT2D eigenvalue weighted by Gasteiger charge is -2.01. The molecule has 0 N–H and O–H groups in total. The molecule has 0 aliphatic carbocycles. The van der Waals surface area contributed by atoms with Gasteiger partial charge in [-0.25, -0.2) is 9.97 Å². The first kappa shape index (κ1) is 10.2. The van der Waals surface area contributed by atoms with Gasteiger partial charge in [0.25, 0.3) is 0 Å². The topological polar surface area (TPSA) is 56.5 Å². The fourth-order valence-corrected chi connectivity index (χ4v) is 1.83. The maximum absolute atomic E-state index is 6.10. The van der Waals surface area contributed by atoms with Crippen LogP contribution in [0.5, 0.6) is 0 Å². The van der Waals surface area contributed by atoms with Gasteiger partial charge in [-0.15, -0.1) is 0 Å². The summed E-state index contributed by atoms with van der Waals surface area (Å²) in [6.07, 6.45) is 5.06. The second-order valence-corrected chi connectivity index (χ2v) is 3.94. The fraction of sp³-hybridized carbons (Fsp3) is 0.0909. The van der Waals surface area contributed by atoms with Crippen molar-refractivity contribution in [2.24, 2.45) is 7.05 Å². The first-order valence-electron chi connectivity index (χ1n) is 5.01. The van der Waals surface area contributed by atoms with Crippen LogP contribution in [0, 0.1) is 0 Å². The zero-order valence-corrected chi connectivity index (χ0v) is 9.76. The Morgan fingerprint density at radius 1 is 1.24 bits per heavy atom. The van der Waals surface area contributed by atoms with Crippen molar-refractivity contribution in [3.63, 3.8) is 0 Å². The van der Waals surface area contributed by atoms with Crippen molar-refractivity contribution >= 4 is 22.6 Å². The highest BCUT2D eigenvalue weighted by Gasteiger charge is 2.10. The minimum Gasteiger partial charge on any atom is -0.264 e. The Labute approximate surface area is 102 Å². The van der Waals surface area contributed by atoms with E-state index in [4.69, 9.17) is 11.6 Å². The Kier molecular flexibility index (Phi) is 2.26. The molecule has 84 valence electrons. The van der Waals surface area contributed by atoms with Gasteiger partial charge in [-0.3, -0.25) is 9.67 Å². The Morgan fingerprint density at radius 3 is 2.88 bits per heavy atom. The molecule has 3 rings (SSSR count). The van der Waals surface area contributed by atoms with Crippen LogP contribution in [0.1, 0.15) is 0 Å². The number of hydrogen-bond donors (Lipinski definition) is 0. The summed E-state index contributed by atoms with van der Waals surface area (Å²) in [6, 6.07) is 3.72. The van der Waals surface area contributed by atoms with Crippen molar-refractivity contribution in [1.82, 2.24) is 24.7 Å². The summed E-state index contributed by atoms with van der Waals surface area (Å²) in [5.74, 6) is 0.555. The zero-order valence-electron chi connectivity index (χ0n) is 9.00. The highest BCUT2D eigenvalue weighted by atomic mass is 35.5. The molecule has 0 amide bonds. The average Bonchev–Trinajstić information content (AvgIpc) is 2.73. The van der Waals surface area contributed by atoms with Crippen molar-refractivity contribution in [2.45, 2.75) is 0 Å². The first-order valence-corrected chi connectivity index (χ1v) is 5.39. The van der Waals surface area contributed by atoms with E-state index in [2.05, 4.69) is 20.1 Å². The summed E-state index contributed by atoms with van der Waals surface area (Å²) >= 11 is 6.10. The van der Waals surface area contributed by atoms with Crippen LogP contribution in [0.3, 0.4) is 0 Å². The van der Waals surface area contributed by atoms with Gasteiger partial charge >= 0.3 is 0 Å². The summed E-state index contributed by atoms with van der Waals surface area (Å²) < 4.78 is 1.67. The molecule has 0 bridgehead atoms. The van der Waals surface area contributed by atoms with Gasteiger partial charge in [0.15, 0.2) is 11.5 Å². The fourth-order valence-electron chi connectivity index (χ4n) is 1.61. The standard InChI is InChI=1S/C11H8ClN5/c1-17-11-8(6-14-17)9(12)15-10(16-11)7-3-2-4-13-5-7/h2-6H,1H3. The molecule has 6 heteroatoms. The number of fused-ring (bicyclic) bond motifs is 1. The van der Waals surface area contributed by atoms with E-state index >= 15 is 0 Å². The van der Waals surface area contributed by atoms with Crippen LogP contribution >= 0.6 is 11.6 Å². The number of hydrogen-bond acceptors (Lipinski definition) is 4. The average molecular weight is 246 g/mol. The summed E-state index contributed by atoms with van der Waals surface area (Å²) in [6.45, 7) is 0. The summed E-state index contributed by atoms with van der Waals surface area (Å²) in [4.78, 5) is 12.7. The monoisotopic (exact) mass is 245 g/mol. The molecule has 0 saturated heterocycles. The maximum atomic E-state index is 6.10. The minimum absolute atomic E-state index is 0.405. The van der Waals surface area contributed by atoms with Gasteiger partial charge in [0.05, 0.1) is 11.6 Å². The normalized spacial score (nSPS) is 10.9. The maximum Gasteiger partial charge on any atom is 0.164 e. The van der Waals surface area contributed by atoms with Gasteiger partial charge in [0, 0.05) is 25.0 Å². The van der Waals surface area contributed by atoms with Crippen LogP contribution in [0.15, 0.2) is 30.7 Å². The van der Waals surface area contributed by atoms with E-state index in [9.17, 15) is 0 Å². The van der Waals surface area contributed by atoms with Crippen molar-refractivity contribution in [2.75, 3.05) is 0 Å². The Hall–Kier alpha value is -2.01. The lowest BCUT2D eigenvalue weighted by molar-refractivity contribution is 0.786. The molecule has 0 aliphatic heterocycles. The van der Waals surface area contributed by atoms with E-state index in [-0.39, 0.29) is 0 Å². The second-order valence-electron chi connectivity index (χ2n) is 3.59. The number of halogens is 1. The van der Waals surface area contributed by atoms with Gasteiger partial charge < -0.3 is 0 Å². The molecule has 0 radical (unpaired) electrons. The van der Waals surface area contributed by atoms with Gasteiger partial charge in [-0.05, 0) is 12.1 Å². The zero-order chi connectivity index (χ0) is 11.8. The molecule has 0 aliphatic rings. The van der Waals surface area contributed by atoms with Crippen molar-refractivity contribution < 1.29 is 0 Å². The lowest BCUT2D eigenvalue weighted by atomic mass is 10.2. The van der Waals surface area contributed by atoms with Gasteiger partial charge in [-0.2, -0.15) is 5.10 Å². The molecule has 0 fully saturated rings. The first-order chi connectivity index (χ1) is 8.25. The van der Waals surface area contributed by atoms with E-state index in [0.29, 0.717) is 16.6 Å². The molecular weight excluding hydrogens is 238 g/mol. The van der Waals surface area contributed by atoms with E-state index in [1.54, 1.807) is 23.3 Å². The highest BCUT2D eigenvalue weighted by Crippen LogP contribution is 2.23. The summed E-state index contributed by atoms with van der Waals surface area (Å²) in [5, 5.41) is 5.26. The molecule has 0 spiro atoms. The largest absolute Gasteiger partial charge is 0.264 e. The predicted octanol–water partition coefficient (Wildman–Crippen LogP) is 2.08. The quantitative estimate of drug-likeness (QED) is 0.616. The smallest absolute Gasteiger partial charge is 0.164 e. The molecular formula is C11H8ClN5. The van der Waals surface area contributed by atoms with Gasteiger partial charge in [0.2, 0.25) is 0 Å². The second kappa shape index (κ2) is 3.78.